The highest BCUT2D eigenvalue weighted by Crippen LogP contribution is 2.54. The van der Waals surface area contributed by atoms with Crippen molar-refractivity contribution in [3.05, 3.63) is 57.9 Å². The summed E-state index contributed by atoms with van der Waals surface area (Å²) in [5.41, 5.74) is 2.27. The number of nitrogens with one attached hydrogen (secondary N) is 1. The second kappa shape index (κ2) is 7.61. The van der Waals surface area contributed by atoms with Crippen molar-refractivity contribution in [1.29, 1.82) is 0 Å². The fourth-order valence-electron chi connectivity index (χ4n) is 6.02. The molecule has 1 aliphatic heterocycles. The molecule has 5 nitrogen and oxygen atoms in total. The SMILES string of the molecule is CC1CC2(CC=C(Cc3cc4c(cc3F)C(=O)C(C3CCC(=O)NC3=O)=CC4=O)CC2)C1. The van der Waals surface area contributed by atoms with Gasteiger partial charge in [0.1, 0.15) is 5.82 Å². The van der Waals surface area contributed by atoms with Crippen LogP contribution in [0.2, 0.25) is 0 Å². The highest BCUT2D eigenvalue weighted by atomic mass is 19.1. The number of carbonyl (C=O) groups excluding carboxylic acids is 4. The molecule has 3 aliphatic carbocycles. The summed E-state index contributed by atoms with van der Waals surface area (Å²) in [4.78, 5) is 49.4. The smallest absolute Gasteiger partial charge is 0.234 e. The standard InChI is InChI=1S/C26H26FNO4/c1-14-12-26(13-14)6-4-15(5-7-26)8-16-9-18-19(10-21(16)27)24(31)20(11-22(18)29)17-2-3-23(30)28-25(17)32/h4,9-11,14,17H,2-3,5-8,12-13H2,1H3,(H,28,30,32). The molecule has 1 aromatic carbocycles. The average molecular weight is 435 g/mol. The molecule has 2 fully saturated rings. The highest BCUT2D eigenvalue weighted by molar-refractivity contribution is 6.26. The van der Waals surface area contributed by atoms with Gasteiger partial charge in [-0.15, -0.1) is 0 Å². The number of allylic oxidation sites excluding steroid dienone is 3. The summed E-state index contributed by atoms with van der Waals surface area (Å²) in [6.07, 6.45) is 9.77. The van der Waals surface area contributed by atoms with Gasteiger partial charge in [-0.2, -0.15) is 0 Å². The minimum atomic E-state index is -0.867. The molecule has 6 heteroatoms. The van der Waals surface area contributed by atoms with Crippen LogP contribution in [0.4, 0.5) is 4.39 Å². The number of amides is 2. The van der Waals surface area contributed by atoms with E-state index in [9.17, 15) is 23.6 Å². The van der Waals surface area contributed by atoms with Gasteiger partial charge in [0, 0.05) is 23.1 Å². The quantitative estimate of drug-likeness (QED) is 0.569. The molecular formula is C26H26FNO4. The first-order valence-corrected chi connectivity index (χ1v) is 11.4. The summed E-state index contributed by atoms with van der Waals surface area (Å²) >= 11 is 0. The van der Waals surface area contributed by atoms with Gasteiger partial charge in [0.15, 0.2) is 11.6 Å². The molecule has 166 valence electrons. The molecule has 0 bridgehead atoms. The van der Waals surface area contributed by atoms with Crippen molar-refractivity contribution < 1.29 is 23.6 Å². The predicted molar refractivity (Wildman–Crippen MR) is 115 cm³/mol. The largest absolute Gasteiger partial charge is 0.296 e. The van der Waals surface area contributed by atoms with Crippen LogP contribution in [0, 0.1) is 23.1 Å². The van der Waals surface area contributed by atoms with E-state index in [1.807, 2.05) is 0 Å². The Hall–Kier alpha value is -2.89. The van der Waals surface area contributed by atoms with Gasteiger partial charge in [0.2, 0.25) is 11.8 Å². The van der Waals surface area contributed by atoms with Crippen molar-refractivity contribution in [3.63, 3.8) is 0 Å². The van der Waals surface area contributed by atoms with Gasteiger partial charge in [-0.05, 0) is 80.1 Å². The summed E-state index contributed by atoms with van der Waals surface area (Å²) < 4.78 is 15.0. The fraction of sp³-hybridized carbons (Fsp3) is 0.462. The van der Waals surface area contributed by atoms with E-state index in [-0.39, 0.29) is 29.5 Å². The van der Waals surface area contributed by atoms with E-state index in [0.717, 1.165) is 31.2 Å². The summed E-state index contributed by atoms with van der Waals surface area (Å²) in [5.74, 6) is -2.48. The lowest BCUT2D eigenvalue weighted by Gasteiger charge is -2.48. The number of rotatable bonds is 3. The Bertz CT molecular complexity index is 1120. The Kier molecular flexibility index (Phi) is 4.99. The second-order valence-corrected chi connectivity index (χ2v) is 10.0. The third-order valence-electron chi connectivity index (χ3n) is 7.64. The zero-order valence-corrected chi connectivity index (χ0v) is 18.1. The van der Waals surface area contributed by atoms with Gasteiger partial charge in [-0.1, -0.05) is 18.6 Å². The fourth-order valence-corrected chi connectivity index (χ4v) is 6.02. The van der Waals surface area contributed by atoms with Crippen molar-refractivity contribution in [1.82, 2.24) is 5.32 Å². The molecule has 2 amide bonds. The molecule has 1 unspecified atom stereocenters. The molecule has 1 saturated carbocycles. The molecule has 1 saturated heterocycles. The van der Waals surface area contributed by atoms with Gasteiger partial charge < -0.3 is 0 Å². The van der Waals surface area contributed by atoms with Crippen LogP contribution in [0.1, 0.15) is 78.1 Å². The van der Waals surface area contributed by atoms with Crippen LogP contribution in [0.3, 0.4) is 0 Å². The number of benzene rings is 1. The van der Waals surface area contributed by atoms with Gasteiger partial charge in [-0.3, -0.25) is 24.5 Å². The van der Waals surface area contributed by atoms with E-state index in [1.54, 1.807) is 0 Å². The van der Waals surface area contributed by atoms with Crippen LogP contribution in [0.25, 0.3) is 0 Å². The first-order chi connectivity index (χ1) is 15.2. The van der Waals surface area contributed by atoms with Gasteiger partial charge in [0.05, 0.1) is 5.92 Å². The topological polar surface area (TPSA) is 80.3 Å². The summed E-state index contributed by atoms with van der Waals surface area (Å²) in [6.45, 7) is 2.28. The number of ketones is 2. The van der Waals surface area contributed by atoms with Crippen LogP contribution in [-0.4, -0.2) is 23.4 Å². The van der Waals surface area contributed by atoms with E-state index in [2.05, 4.69) is 18.3 Å². The molecule has 4 aliphatic rings. The van der Waals surface area contributed by atoms with Gasteiger partial charge in [0.25, 0.3) is 0 Å². The third-order valence-corrected chi connectivity index (χ3v) is 7.64. The van der Waals surface area contributed by atoms with Crippen molar-refractivity contribution >= 4 is 23.4 Å². The molecule has 1 spiro atoms. The molecule has 1 atom stereocenters. The van der Waals surface area contributed by atoms with E-state index in [4.69, 9.17) is 0 Å². The lowest BCUT2D eigenvalue weighted by atomic mass is 9.57. The van der Waals surface area contributed by atoms with E-state index >= 15 is 0 Å². The van der Waals surface area contributed by atoms with E-state index in [1.165, 1.54) is 30.6 Å². The molecule has 32 heavy (non-hydrogen) atoms. The lowest BCUT2D eigenvalue weighted by Crippen LogP contribution is -2.43. The van der Waals surface area contributed by atoms with Crippen LogP contribution in [0.5, 0.6) is 0 Å². The first-order valence-electron chi connectivity index (χ1n) is 11.4. The molecule has 1 heterocycles. The summed E-state index contributed by atoms with van der Waals surface area (Å²) in [7, 11) is 0. The molecule has 1 N–H and O–H groups in total. The second-order valence-electron chi connectivity index (χ2n) is 10.0. The Balaban J connectivity index is 1.37. The molecular weight excluding hydrogens is 409 g/mol. The Labute approximate surface area is 186 Å². The number of imide groups is 1. The number of Topliss-reactive ketones (excluding diaryl/α,β-unsaturated/α-hetero) is 1. The minimum absolute atomic E-state index is 0.00141. The van der Waals surface area contributed by atoms with Crippen molar-refractivity contribution in [2.75, 3.05) is 0 Å². The van der Waals surface area contributed by atoms with Crippen LogP contribution in [0.15, 0.2) is 35.4 Å². The number of hydrogen-bond donors (Lipinski definition) is 1. The van der Waals surface area contributed by atoms with Crippen molar-refractivity contribution in [3.8, 4) is 0 Å². The van der Waals surface area contributed by atoms with Crippen molar-refractivity contribution in [2.24, 2.45) is 17.3 Å². The predicted octanol–water partition coefficient (Wildman–Crippen LogP) is 4.25. The average Bonchev–Trinajstić information content (AvgIpc) is 2.72. The molecule has 1 aromatic rings. The Morgan fingerprint density at radius 3 is 2.53 bits per heavy atom. The Morgan fingerprint density at radius 1 is 1.09 bits per heavy atom. The molecule has 5 rings (SSSR count). The monoisotopic (exact) mass is 435 g/mol. The molecule has 0 aromatic heterocycles. The van der Waals surface area contributed by atoms with Crippen LogP contribution >= 0.6 is 0 Å². The Morgan fingerprint density at radius 2 is 1.88 bits per heavy atom. The number of piperidine rings is 1. The summed E-state index contributed by atoms with van der Waals surface area (Å²) in [5, 5.41) is 2.21. The first kappa shape index (κ1) is 21.0. The maximum absolute atomic E-state index is 15.0. The van der Waals surface area contributed by atoms with E-state index in [0.29, 0.717) is 17.4 Å². The highest BCUT2D eigenvalue weighted by Gasteiger charge is 2.42. The summed E-state index contributed by atoms with van der Waals surface area (Å²) in [6, 6.07) is 2.64. The number of carbonyl (C=O) groups is 4. The lowest BCUT2D eigenvalue weighted by molar-refractivity contribution is -0.135. The van der Waals surface area contributed by atoms with Crippen LogP contribution in [-0.2, 0) is 16.0 Å². The van der Waals surface area contributed by atoms with Gasteiger partial charge >= 0.3 is 0 Å². The number of halogens is 1. The minimum Gasteiger partial charge on any atom is -0.296 e. The number of hydrogen-bond acceptors (Lipinski definition) is 4. The third kappa shape index (κ3) is 3.55. The zero-order chi connectivity index (χ0) is 22.6. The maximum Gasteiger partial charge on any atom is 0.234 e. The van der Waals surface area contributed by atoms with Crippen molar-refractivity contribution in [2.45, 2.75) is 58.3 Å². The maximum atomic E-state index is 15.0. The number of fused-ring (bicyclic) bond motifs is 1. The van der Waals surface area contributed by atoms with E-state index < -0.39 is 35.1 Å². The van der Waals surface area contributed by atoms with Crippen LogP contribution < -0.4 is 5.32 Å². The normalized spacial score (nSPS) is 29.8. The molecule has 0 radical (unpaired) electrons. The zero-order valence-electron chi connectivity index (χ0n) is 18.1. The van der Waals surface area contributed by atoms with Gasteiger partial charge in [-0.25, -0.2) is 4.39 Å².